The van der Waals surface area contributed by atoms with Crippen LogP contribution in [0, 0.1) is 0 Å². The summed E-state index contributed by atoms with van der Waals surface area (Å²) in [5.74, 6) is -0.570. The molecule has 0 aliphatic carbocycles. The molecule has 0 atom stereocenters. The van der Waals surface area contributed by atoms with Crippen molar-refractivity contribution < 1.29 is 14.3 Å². The summed E-state index contributed by atoms with van der Waals surface area (Å²) < 4.78 is 5.13. The van der Waals surface area contributed by atoms with Gasteiger partial charge in [0.15, 0.2) is 0 Å². The summed E-state index contributed by atoms with van der Waals surface area (Å²) in [5.41, 5.74) is 2.20. The number of para-hydroxylation sites is 2. The molecule has 0 spiro atoms. The Balaban J connectivity index is 2.01. The van der Waals surface area contributed by atoms with Crippen molar-refractivity contribution in [3.63, 3.8) is 0 Å². The molecule has 0 aliphatic heterocycles. The van der Waals surface area contributed by atoms with Crippen molar-refractivity contribution in [2.24, 2.45) is 0 Å². The topological polar surface area (TPSA) is 67.4 Å². The molecule has 0 saturated heterocycles. The van der Waals surface area contributed by atoms with Crippen LogP contribution >= 0.6 is 0 Å². The number of ether oxygens (including phenoxy) is 1. The van der Waals surface area contributed by atoms with Gasteiger partial charge in [0.2, 0.25) is 0 Å². The molecule has 0 fully saturated rings. The van der Waals surface area contributed by atoms with E-state index < -0.39 is 11.8 Å². The number of carbonyl (C=O) groups excluding carboxylic acids is 2. The Kier molecular flexibility index (Phi) is 5.36. The number of nitrogens with one attached hydrogen (secondary N) is 2. The van der Waals surface area contributed by atoms with E-state index in [2.05, 4.69) is 24.5 Å². The van der Waals surface area contributed by atoms with Gasteiger partial charge in [0.25, 0.3) is 0 Å². The van der Waals surface area contributed by atoms with Gasteiger partial charge in [0.1, 0.15) is 5.75 Å². The highest BCUT2D eigenvalue weighted by Crippen LogP contribution is 2.23. The molecule has 2 N–H and O–H groups in total. The van der Waals surface area contributed by atoms with Gasteiger partial charge in [-0.1, -0.05) is 38.1 Å². The van der Waals surface area contributed by atoms with E-state index in [1.165, 1.54) is 12.7 Å². The van der Waals surface area contributed by atoms with Crippen molar-refractivity contribution in [3.8, 4) is 5.75 Å². The molecular weight excluding hydrogens is 292 g/mol. The lowest BCUT2D eigenvalue weighted by molar-refractivity contribution is -0.133. The summed E-state index contributed by atoms with van der Waals surface area (Å²) in [5, 5.41) is 5.11. The molecule has 0 heterocycles. The molecular formula is C18H20N2O3. The Hall–Kier alpha value is -2.82. The van der Waals surface area contributed by atoms with E-state index in [-0.39, 0.29) is 0 Å². The van der Waals surface area contributed by atoms with Crippen LogP contribution in [0.2, 0.25) is 0 Å². The fraction of sp³-hybridized carbons (Fsp3) is 0.222. The first-order valence-electron chi connectivity index (χ1n) is 7.36. The zero-order valence-corrected chi connectivity index (χ0v) is 13.4. The monoisotopic (exact) mass is 312 g/mol. The molecule has 2 aromatic carbocycles. The van der Waals surface area contributed by atoms with Gasteiger partial charge in [-0.05, 0) is 35.7 Å². The van der Waals surface area contributed by atoms with Crippen LogP contribution in [-0.4, -0.2) is 18.9 Å². The molecule has 0 saturated carbocycles. The average molecular weight is 312 g/mol. The summed E-state index contributed by atoms with van der Waals surface area (Å²) in [6, 6.07) is 14.3. The summed E-state index contributed by atoms with van der Waals surface area (Å²) in [6.45, 7) is 4.18. The third-order valence-corrected chi connectivity index (χ3v) is 3.40. The van der Waals surface area contributed by atoms with E-state index in [1.807, 2.05) is 12.1 Å². The second-order valence-corrected chi connectivity index (χ2v) is 5.39. The van der Waals surface area contributed by atoms with Gasteiger partial charge in [0, 0.05) is 5.69 Å². The van der Waals surface area contributed by atoms with E-state index in [0.717, 1.165) is 0 Å². The fourth-order valence-electron chi connectivity index (χ4n) is 2.07. The molecule has 0 radical (unpaired) electrons. The maximum Gasteiger partial charge on any atom is 0.314 e. The van der Waals surface area contributed by atoms with Gasteiger partial charge in [-0.3, -0.25) is 9.59 Å². The maximum atomic E-state index is 12.0. The number of carbonyl (C=O) groups is 2. The molecule has 0 aromatic heterocycles. The minimum Gasteiger partial charge on any atom is -0.495 e. The van der Waals surface area contributed by atoms with Crippen molar-refractivity contribution in [3.05, 3.63) is 54.1 Å². The van der Waals surface area contributed by atoms with Crippen LogP contribution in [0.3, 0.4) is 0 Å². The number of amides is 2. The summed E-state index contributed by atoms with van der Waals surface area (Å²) in [4.78, 5) is 24.0. The molecule has 23 heavy (non-hydrogen) atoms. The zero-order chi connectivity index (χ0) is 16.8. The van der Waals surface area contributed by atoms with E-state index >= 15 is 0 Å². The minimum atomic E-state index is -0.748. The van der Waals surface area contributed by atoms with Gasteiger partial charge in [0.05, 0.1) is 12.8 Å². The lowest BCUT2D eigenvalue weighted by Crippen LogP contribution is -2.29. The van der Waals surface area contributed by atoms with E-state index in [9.17, 15) is 9.59 Å². The van der Waals surface area contributed by atoms with E-state index in [4.69, 9.17) is 4.74 Å². The van der Waals surface area contributed by atoms with Crippen molar-refractivity contribution >= 4 is 23.2 Å². The van der Waals surface area contributed by atoms with Gasteiger partial charge >= 0.3 is 11.8 Å². The largest absolute Gasteiger partial charge is 0.495 e. The van der Waals surface area contributed by atoms with Crippen molar-refractivity contribution in [1.82, 2.24) is 0 Å². The number of benzene rings is 2. The van der Waals surface area contributed by atoms with Gasteiger partial charge in [-0.25, -0.2) is 0 Å². The Morgan fingerprint density at radius 2 is 1.52 bits per heavy atom. The predicted octanol–water partition coefficient (Wildman–Crippen LogP) is 3.40. The van der Waals surface area contributed by atoms with Crippen LogP contribution in [0.15, 0.2) is 48.5 Å². The lowest BCUT2D eigenvalue weighted by atomic mass is 10.0. The standard InChI is InChI=1S/C18H20N2O3/c1-12(2)13-8-10-14(11-9-13)19-17(21)18(22)20-15-6-4-5-7-16(15)23-3/h4-12H,1-3H3,(H,19,21)(H,20,22). The first kappa shape index (κ1) is 16.5. The number of hydrogen-bond acceptors (Lipinski definition) is 3. The Labute approximate surface area is 135 Å². The van der Waals surface area contributed by atoms with E-state index in [1.54, 1.807) is 36.4 Å². The highest BCUT2D eigenvalue weighted by Gasteiger charge is 2.15. The Morgan fingerprint density at radius 3 is 2.13 bits per heavy atom. The second kappa shape index (κ2) is 7.45. The molecule has 0 bridgehead atoms. The summed E-state index contributed by atoms with van der Waals surface area (Å²) in [6.07, 6.45) is 0. The SMILES string of the molecule is COc1ccccc1NC(=O)C(=O)Nc1ccc(C(C)C)cc1. The van der Waals surface area contributed by atoms with Crippen molar-refractivity contribution in [2.75, 3.05) is 17.7 Å². The van der Waals surface area contributed by atoms with Crippen molar-refractivity contribution in [1.29, 1.82) is 0 Å². The lowest BCUT2D eigenvalue weighted by Gasteiger charge is -2.10. The molecule has 120 valence electrons. The third-order valence-electron chi connectivity index (χ3n) is 3.40. The molecule has 2 rings (SSSR count). The normalized spacial score (nSPS) is 10.3. The second-order valence-electron chi connectivity index (χ2n) is 5.39. The quantitative estimate of drug-likeness (QED) is 0.850. The van der Waals surface area contributed by atoms with Crippen LogP contribution in [0.25, 0.3) is 0 Å². The number of methoxy groups -OCH3 is 1. The molecule has 2 aromatic rings. The van der Waals surface area contributed by atoms with Crippen LogP contribution < -0.4 is 15.4 Å². The Bertz CT molecular complexity index is 694. The van der Waals surface area contributed by atoms with Crippen LogP contribution in [0.5, 0.6) is 5.75 Å². The average Bonchev–Trinajstić information content (AvgIpc) is 2.55. The highest BCUT2D eigenvalue weighted by atomic mass is 16.5. The highest BCUT2D eigenvalue weighted by molar-refractivity contribution is 6.43. The minimum absolute atomic E-state index is 0.411. The smallest absolute Gasteiger partial charge is 0.314 e. The fourth-order valence-corrected chi connectivity index (χ4v) is 2.07. The zero-order valence-electron chi connectivity index (χ0n) is 13.4. The first-order valence-corrected chi connectivity index (χ1v) is 7.36. The molecule has 5 nitrogen and oxygen atoms in total. The summed E-state index contributed by atoms with van der Waals surface area (Å²) >= 11 is 0. The number of rotatable bonds is 4. The first-order chi connectivity index (χ1) is 11.0. The van der Waals surface area contributed by atoms with E-state index in [0.29, 0.717) is 23.0 Å². The summed E-state index contributed by atoms with van der Waals surface area (Å²) in [7, 11) is 1.50. The number of anilines is 2. The Morgan fingerprint density at radius 1 is 0.913 bits per heavy atom. The van der Waals surface area contributed by atoms with Gasteiger partial charge in [-0.15, -0.1) is 0 Å². The van der Waals surface area contributed by atoms with Crippen molar-refractivity contribution in [2.45, 2.75) is 19.8 Å². The van der Waals surface area contributed by atoms with Gasteiger partial charge < -0.3 is 15.4 Å². The third kappa shape index (κ3) is 4.32. The molecule has 0 unspecified atom stereocenters. The molecule has 2 amide bonds. The van der Waals surface area contributed by atoms with Crippen LogP contribution in [-0.2, 0) is 9.59 Å². The van der Waals surface area contributed by atoms with Crippen LogP contribution in [0.4, 0.5) is 11.4 Å². The van der Waals surface area contributed by atoms with Gasteiger partial charge in [-0.2, -0.15) is 0 Å². The van der Waals surface area contributed by atoms with Crippen LogP contribution in [0.1, 0.15) is 25.3 Å². The molecule has 5 heteroatoms. The molecule has 0 aliphatic rings. The number of hydrogen-bond donors (Lipinski definition) is 2. The maximum absolute atomic E-state index is 12.0. The predicted molar refractivity (Wildman–Crippen MR) is 90.8 cm³/mol.